The number of fused-ring (bicyclic) bond motifs is 1. The molecule has 1 aromatic carbocycles. The van der Waals surface area contributed by atoms with Crippen LogP contribution in [0.15, 0.2) is 48.6 Å². The molecule has 0 radical (unpaired) electrons. The fourth-order valence-electron chi connectivity index (χ4n) is 8.87. The number of rotatable bonds is 48. The highest BCUT2D eigenvalue weighted by molar-refractivity contribution is 7.45. The van der Waals surface area contributed by atoms with Crippen LogP contribution in [0.1, 0.15) is 228 Å². The van der Waals surface area contributed by atoms with Gasteiger partial charge in [0, 0.05) is 31.1 Å². The Labute approximate surface area is 462 Å². The van der Waals surface area contributed by atoms with Gasteiger partial charge < -0.3 is 38.6 Å². The number of allylic oxidation sites excluding steroid dienone is 4. The monoisotopic (exact) mass is 1100 g/mol. The van der Waals surface area contributed by atoms with E-state index in [2.05, 4.69) is 48.1 Å². The van der Waals surface area contributed by atoms with Crippen LogP contribution in [0.3, 0.4) is 0 Å². The molecule has 3 rings (SSSR count). The van der Waals surface area contributed by atoms with Crippen LogP contribution in [0.2, 0.25) is 0 Å². The van der Waals surface area contributed by atoms with Crippen molar-refractivity contribution in [3.05, 3.63) is 65.3 Å². The van der Waals surface area contributed by atoms with Crippen molar-refractivity contribution in [2.75, 3.05) is 50.8 Å². The Balaban J connectivity index is 1.42. The van der Waals surface area contributed by atoms with Crippen LogP contribution in [0, 0.1) is 5.92 Å². The molecule has 2 aromatic rings. The standard InChI is InChI=1S/C60H97N4O12P/c1-5-7-9-11-13-15-17-19-21-23-25-27-29-31-33-37-56(67)73-47-52(76-59(68)49(3)35-32-30-28-26-24-22-20-18-16-14-12-10-8-6-2)48-75-77(69,70)74-42-34-36-54(65)51-40-38-50(39-41-51)46-64-55(66)45-53-57(61)62-60(63-58(53)64)72-44-43-71-4/h19-22,38-41,49,52H,5-18,23-37,42-48H2,1-4H3,(H,69,70)(H2,61,62,63)/p-1/b21-19+,22-20-. The molecule has 1 aliphatic rings. The maximum atomic E-state index is 13.2. The van der Waals surface area contributed by atoms with Gasteiger partial charge in [-0.2, -0.15) is 9.97 Å². The minimum atomic E-state index is -4.91. The van der Waals surface area contributed by atoms with Crippen molar-refractivity contribution >= 4 is 43.1 Å². The Morgan fingerprint density at radius 3 is 1.84 bits per heavy atom. The van der Waals surface area contributed by atoms with E-state index in [1.165, 1.54) is 81.9 Å². The first-order chi connectivity index (χ1) is 37.4. The number of phosphoric ester groups is 1. The molecule has 1 aromatic heterocycles. The van der Waals surface area contributed by atoms with Gasteiger partial charge in [0.2, 0.25) is 5.91 Å². The summed E-state index contributed by atoms with van der Waals surface area (Å²) < 4.78 is 44.9. The number of phosphoric acid groups is 1. The molecule has 0 spiro atoms. The number of ketones is 1. The van der Waals surface area contributed by atoms with Crippen molar-refractivity contribution in [1.82, 2.24) is 9.97 Å². The first kappa shape index (κ1) is 66.8. The summed E-state index contributed by atoms with van der Waals surface area (Å²) in [7, 11) is -3.37. The number of nitrogens with two attached hydrogens (primary N) is 1. The SMILES string of the molecule is CCCCCCCC/C=C\CCCCCCC(C)C(=O)OC(COC(=O)CCCCCCC/C=C/CCCCCCCC)COP(=O)([O-])OCCCC(=O)c1ccc(CN2C(=O)Cc3c(N)nc(OCCOC)nc32)cc1. The van der Waals surface area contributed by atoms with Crippen LogP contribution >= 0.6 is 7.82 Å². The molecule has 0 aliphatic carbocycles. The molecule has 0 bridgehead atoms. The second kappa shape index (κ2) is 41.6. The molecule has 1 amide bonds. The summed E-state index contributed by atoms with van der Waals surface area (Å²) >= 11 is 0. The van der Waals surface area contributed by atoms with Crippen LogP contribution in [-0.2, 0) is 55.2 Å². The van der Waals surface area contributed by atoms with Crippen molar-refractivity contribution in [2.45, 2.75) is 226 Å². The molecule has 1 aliphatic heterocycles. The third-order valence-electron chi connectivity index (χ3n) is 13.6. The second-order valence-corrected chi connectivity index (χ2v) is 21.9. The highest BCUT2D eigenvalue weighted by Crippen LogP contribution is 2.39. The number of aromatic nitrogens is 2. The smallest absolute Gasteiger partial charge is 0.320 e. The topological polar surface area (TPSA) is 219 Å². The van der Waals surface area contributed by atoms with Gasteiger partial charge in [0.15, 0.2) is 11.9 Å². The summed E-state index contributed by atoms with van der Waals surface area (Å²) in [5, 5.41) is 0. The molecule has 16 nitrogen and oxygen atoms in total. The van der Waals surface area contributed by atoms with Gasteiger partial charge >= 0.3 is 17.9 Å². The number of Topliss-reactive ketones (excluding diaryl/α,β-unsaturated/α-hetero) is 1. The van der Waals surface area contributed by atoms with Crippen molar-refractivity contribution in [2.24, 2.45) is 5.92 Å². The number of methoxy groups -OCH3 is 1. The second-order valence-electron chi connectivity index (χ2n) is 20.5. The van der Waals surface area contributed by atoms with Gasteiger partial charge in [0.25, 0.3) is 7.82 Å². The van der Waals surface area contributed by atoms with Crippen LogP contribution < -0.4 is 20.3 Å². The average Bonchev–Trinajstić information content (AvgIpc) is 3.76. The molecular weight excluding hydrogens is 1000 g/mol. The lowest BCUT2D eigenvalue weighted by molar-refractivity contribution is -0.228. The lowest BCUT2D eigenvalue weighted by atomic mass is 10.0. The normalized spacial score (nSPS) is 14.0. The number of esters is 2. The molecule has 0 saturated heterocycles. The predicted molar refractivity (Wildman–Crippen MR) is 303 cm³/mol. The number of anilines is 2. The van der Waals surface area contributed by atoms with Crippen molar-refractivity contribution < 1.29 is 56.6 Å². The number of nitrogen functional groups attached to an aromatic ring is 1. The van der Waals surface area contributed by atoms with Crippen LogP contribution in [0.5, 0.6) is 6.01 Å². The van der Waals surface area contributed by atoms with Crippen LogP contribution in [0.4, 0.5) is 11.6 Å². The number of nitrogens with zero attached hydrogens (tertiary/aromatic N) is 3. The first-order valence-electron chi connectivity index (χ1n) is 29.3. The van der Waals surface area contributed by atoms with Gasteiger partial charge in [0.05, 0.1) is 38.7 Å². The number of benzene rings is 1. The number of hydrogen-bond donors (Lipinski definition) is 1. The number of amides is 1. The summed E-state index contributed by atoms with van der Waals surface area (Å²) in [5.41, 5.74) is 7.78. The van der Waals surface area contributed by atoms with E-state index in [0.717, 1.165) is 82.6 Å². The fraction of sp³-hybridized carbons (Fsp3) is 0.700. The highest BCUT2D eigenvalue weighted by atomic mass is 31.2. The third kappa shape index (κ3) is 30.5. The largest absolute Gasteiger partial charge is 0.756 e. The van der Waals surface area contributed by atoms with Crippen molar-refractivity contribution in [1.29, 1.82) is 0 Å². The molecule has 2 heterocycles. The van der Waals surface area contributed by atoms with E-state index in [1.54, 1.807) is 38.3 Å². The third-order valence-corrected chi connectivity index (χ3v) is 14.6. The zero-order valence-electron chi connectivity index (χ0n) is 47.5. The predicted octanol–water partition coefficient (Wildman–Crippen LogP) is 13.4. The summed E-state index contributed by atoms with van der Waals surface area (Å²) in [6.07, 6.45) is 37.7. The number of ether oxygens (including phenoxy) is 4. The summed E-state index contributed by atoms with van der Waals surface area (Å²) in [4.78, 5) is 75.0. The Kier molecular flexibility index (Phi) is 36.1. The van der Waals surface area contributed by atoms with Crippen molar-refractivity contribution in [3.63, 3.8) is 0 Å². The van der Waals surface area contributed by atoms with Gasteiger partial charge in [0.1, 0.15) is 24.8 Å². The van der Waals surface area contributed by atoms with E-state index in [1.807, 2.05) is 0 Å². The zero-order chi connectivity index (χ0) is 55.8. The Hall–Kier alpha value is -4.47. The lowest BCUT2D eigenvalue weighted by Crippen LogP contribution is -2.32. The number of carbonyl (C=O) groups is 4. The summed E-state index contributed by atoms with van der Waals surface area (Å²) in [5.74, 6) is -1.34. The minimum absolute atomic E-state index is 0.0134. The number of carbonyl (C=O) groups excluding carboxylic acids is 4. The van der Waals surface area contributed by atoms with E-state index in [0.29, 0.717) is 36.4 Å². The molecule has 3 unspecified atom stereocenters. The fourth-order valence-corrected chi connectivity index (χ4v) is 9.65. The van der Waals surface area contributed by atoms with Crippen molar-refractivity contribution in [3.8, 4) is 6.01 Å². The van der Waals surface area contributed by atoms with Gasteiger partial charge in [-0.3, -0.25) is 28.6 Å². The zero-order valence-corrected chi connectivity index (χ0v) is 48.4. The maximum Gasteiger partial charge on any atom is 0.320 e. The highest BCUT2D eigenvalue weighted by Gasteiger charge is 2.32. The number of hydrogen-bond acceptors (Lipinski definition) is 15. The van der Waals surface area contributed by atoms with E-state index in [-0.39, 0.29) is 75.6 Å². The van der Waals surface area contributed by atoms with Crippen LogP contribution in [0.25, 0.3) is 0 Å². The Morgan fingerprint density at radius 1 is 0.701 bits per heavy atom. The Bertz CT molecular complexity index is 2070. The van der Waals surface area contributed by atoms with Gasteiger partial charge in [-0.1, -0.05) is 172 Å². The lowest BCUT2D eigenvalue weighted by Gasteiger charge is -2.26. The van der Waals surface area contributed by atoms with Gasteiger partial charge in [-0.05, 0) is 76.2 Å². The molecule has 434 valence electrons. The molecule has 77 heavy (non-hydrogen) atoms. The van der Waals surface area contributed by atoms with E-state index in [9.17, 15) is 28.6 Å². The van der Waals surface area contributed by atoms with E-state index in [4.69, 9.17) is 33.7 Å². The van der Waals surface area contributed by atoms with E-state index >= 15 is 0 Å². The van der Waals surface area contributed by atoms with Crippen LogP contribution in [-0.4, -0.2) is 79.8 Å². The van der Waals surface area contributed by atoms with E-state index < -0.39 is 38.4 Å². The maximum absolute atomic E-state index is 13.2. The summed E-state index contributed by atoms with van der Waals surface area (Å²) in [6.45, 7) is 5.68. The molecule has 0 fully saturated rings. The quantitative estimate of drug-likeness (QED) is 0.0214. The number of unbranched alkanes of at least 4 members (excludes halogenated alkanes) is 21. The Morgan fingerprint density at radius 2 is 1.26 bits per heavy atom. The molecule has 2 N–H and O–H groups in total. The molecule has 3 atom stereocenters. The average molecular weight is 1100 g/mol. The molecule has 17 heteroatoms. The minimum Gasteiger partial charge on any atom is -0.756 e. The molecule has 0 saturated carbocycles. The van der Waals surface area contributed by atoms with Gasteiger partial charge in [-0.25, -0.2) is 0 Å². The van der Waals surface area contributed by atoms with Gasteiger partial charge in [-0.15, -0.1) is 0 Å². The first-order valence-corrected chi connectivity index (χ1v) is 30.8. The molecular formula is C60H96N4O12P-. The summed E-state index contributed by atoms with van der Waals surface area (Å²) in [6, 6.07) is 6.78.